The fourth-order valence-electron chi connectivity index (χ4n) is 0.807. The van der Waals surface area contributed by atoms with Crippen LogP contribution in [0.2, 0.25) is 0 Å². The molecule has 0 aromatic heterocycles. The van der Waals surface area contributed by atoms with Gasteiger partial charge in [-0.2, -0.15) is 0 Å². The number of halogens is 2. The maximum absolute atomic E-state index is 5.11. The number of hydrogen-bond acceptors (Lipinski definition) is 2. The van der Waals surface area contributed by atoms with Crippen LogP contribution >= 0.6 is 31.9 Å². The predicted molar refractivity (Wildman–Crippen MR) is 54.9 cm³/mol. The van der Waals surface area contributed by atoms with Gasteiger partial charge >= 0.3 is 0 Å². The molecule has 0 aliphatic rings. The molecule has 12 heavy (non-hydrogen) atoms. The third-order valence-corrected chi connectivity index (χ3v) is 3.40. The molecule has 0 radical (unpaired) electrons. The van der Waals surface area contributed by atoms with Gasteiger partial charge in [0.1, 0.15) is 11.5 Å². The molecule has 0 saturated carbocycles. The Bertz CT molecular complexity index is 287. The minimum Gasteiger partial charge on any atom is -0.497 e. The molecular formula is C8H8Br2O2. The van der Waals surface area contributed by atoms with Gasteiger partial charge in [-0.3, -0.25) is 0 Å². The lowest BCUT2D eigenvalue weighted by Crippen LogP contribution is -1.88. The number of methoxy groups -OCH3 is 2. The van der Waals surface area contributed by atoms with E-state index in [0.717, 1.165) is 20.4 Å². The van der Waals surface area contributed by atoms with E-state index in [0.29, 0.717) is 0 Å². The first-order chi connectivity index (χ1) is 5.69. The lowest BCUT2D eigenvalue weighted by atomic mass is 10.3. The lowest BCUT2D eigenvalue weighted by molar-refractivity contribution is 0.392. The van der Waals surface area contributed by atoms with Crippen molar-refractivity contribution in [2.24, 2.45) is 0 Å². The van der Waals surface area contributed by atoms with Crippen LogP contribution < -0.4 is 9.47 Å². The fraction of sp³-hybridized carbons (Fsp3) is 0.250. The zero-order chi connectivity index (χ0) is 9.14. The van der Waals surface area contributed by atoms with Crippen LogP contribution in [-0.4, -0.2) is 14.2 Å². The number of hydrogen-bond donors (Lipinski definition) is 0. The van der Waals surface area contributed by atoms with E-state index in [1.807, 2.05) is 12.1 Å². The van der Waals surface area contributed by atoms with Gasteiger partial charge < -0.3 is 9.47 Å². The Kier molecular flexibility index (Phi) is 3.40. The summed E-state index contributed by atoms with van der Waals surface area (Å²) in [5, 5.41) is 0. The first kappa shape index (κ1) is 9.86. The Morgan fingerprint density at radius 3 is 2.25 bits per heavy atom. The SMILES string of the molecule is COc1cc(Br)c(Br)c(OC)c1. The largest absolute Gasteiger partial charge is 0.497 e. The molecule has 0 aliphatic heterocycles. The highest BCUT2D eigenvalue weighted by molar-refractivity contribution is 9.13. The number of benzene rings is 1. The van der Waals surface area contributed by atoms with Crippen LogP contribution in [-0.2, 0) is 0 Å². The molecule has 0 spiro atoms. The smallest absolute Gasteiger partial charge is 0.137 e. The van der Waals surface area contributed by atoms with Gasteiger partial charge in [0.05, 0.1) is 18.7 Å². The van der Waals surface area contributed by atoms with Crippen molar-refractivity contribution in [2.75, 3.05) is 14.2 Å². The molecule has 0 N–H and O–H groups in total. The van der Waals surface area contributed by atoms with E-state index in [1.165, 1.54) is 0 Å². The second kappa shape index (κ2) is 4.14. The highest BCUT2D eigenvalue weighted by Crippen LogP contribution is 2.36. The van der Waals surface area contributed by atoms with Gasteiger partial charge in [-0.05, 0) is 37.9 Å². The molecule has 4 heteroatoms. The molecule has 0 amide bonds. The maximum Gasteiger partial charge on any atom is 0.137 e. The summed E-state index contributed by atoms with van der Waals surface area (Å²) < 4.78 is 12.0. The number of rotatable bonds is 2. The zero-order valence-electron chi connectivity index (χ0n) is 6.73. The van der Waals surface area contributed by atoms with E-state index in [4.69, 9.17) is 9.47 Å². The monoisotopic (exact) mass is 294 g/mol. The minimum atomic E-state index is 0.751. The quantitative estimate of drug-likeness (QED) is 0.834. The fourth-order valence-corrected chi connectivity index (χ4v) is 1.62. The predicted octanol–water partition coefficient (Wildman–Crippen LogP) is 3.23. The van der Waals surface area contributed by atoms with Gasteiger partial charge in [-0.25, -0.2) is 0 Å². The molecular weight excluding hydrogens is 288 g/mol. The van der Waals surface area contributed by atoms with Gasteiger partial charge in [0.2, 0.25) is 0 Å². The third kappa shape index (κ3) is 1.93. The van der Waals surface area contributed by atoms with E-state index in [1.54, 1.807) is 14.2 Å². The molecule has 0 saturated heterocycles. The normalized spacial score (nSPS) is 9.67. The highest BCUT2D eigenvalue weighted by Gasteiger charge is 2.06. The van der Waals surface area contributed by atoms with E-state index < -0.39 is 0 Å². The van der Waals surface area contributed by atoms with Crippen molar-refractivity contribution in [1.82, 2.24) is 0 Å². The van der Waals surface area contributed by atoms with Crippen LogP contribution in [0.1, 0.15) is 0 Å². The summed E-state index contributed by atoms with van der Waals surface area (Å²) in [6.07, 6.45) is 0. The van der Waals surface area contributed by atoms with Crippen molar-refractivity contribution in [3.63, 3.8) is 0 Å². The van der Waals surface area contributed by atoms with Crippen LogP contribution in [0.3, 0.4) is 0 Å². The maximum atomic E-state index is 5.11. The Morgan fingerprint density at radius 1 is 1.08 bits per heavy atom. The third-order valence-electron chi connectivity index (χ3n) is 1.42. The summed E-state index contributed by atoms with van der Waals surface area (Å²) in [6, 6.07) is 3.68. The lowest BCUT2D eigenvalue weighted by Gasteiger charge is -2.07. The molecule has 0 bridgehead atoms. The van der Waals surface area contributed by atoms with Crippen LogP contribution in [0.5, 0.6) is 11.5 Å². The molecule has 1 aromatic carbocycles. The van der Waals surface area contributed by atoms with Gasteiger partial charge in [0.25, 0.3) is 0 Å². The van der Waals surface area contributed by atoms with E-state index in [2.05, 4.69) is 31.9 Å². The van der Waals surface area contributed by atoms with Gasteiger partial charge in [0.15, 0.2) is 0 Å². The second-order valence-corrected chi connectivity index (χ2v) is 3.77. The van der Waals surface area contributed by atoms with Gasteiger partial charge in [0, 0.05) is 10.5 Å². The summed E-state index contributed by atoms with van der Waals surface area (Å²) in [5.74, 6) is 1.52. The molecule has 0 atom stereocenters. The standard InChI is InChI=1S/C8H8Br2O2/c1-11-5-3-6(9)8(10)7(4-5)12-2/h3-4H,1-2H3. The van der Waals surface area contributed by atoms with Crippen molar-refractivity contribution in [3.05, 3.63) is 21.1 Å². The van der Waals surface area contributed by atoms with Crippen molar-refractivity contribution < 1.29 is 9.47 Å². The van der Waals surface area contributed by atoms with Gasteiger partial charge in [-0.15, -0.1) is 0 Å². The van der Waals surface area contributed by atoms with Gasteiger partial charge in [-0.1, -0.05) is 0 Å². The van der Waals surface area contributed by atoms with Crippen molar-refractivity contribution in [1.29, 1.82) is 0 Å². The molecule has 2 nitrogen and oxygen atoms in total. The Hall–Kier alpha value is -0.220. The van der Waals surface area contributed by atoms with Crippen LogP contribution in [0, 0.1) is 0 Å². The summed E-state index contributed by atoms with van der Waals surface area (Å²) in [4.78, 5) is 0. The summed E-state index contributed by atoms with van der Waals surface area (Å²) in [7, 11) is 3.24. The van der Waals surface area contributed by atoms with Crippen LogP contribution in [0.25, 0.3) is 0 Å². The molecule has 66 valence electrons. The van der Waals surface area contributed by atoms with Crippen molar-refractivity contribution in [3.8, 4) is 11.5 Å². The van der Waals surface area contributed by atoms with Crippen molar-refractivity contribution in [2.45, 2.75) is 0 Å². The van der Waals surface area contributed by atoms with E-state index >= 15 is 0 Å². The molecule has 1 rings (SSSR count). The first-order valence-corrected chi connectivity index (χ1v) is 4.84. The molecule has 0 heterocycles. The molecule has 1 aromatic rings. The van der Waals surface area contributed by atoms with E-state index in [9.17, 15) is 0 Å². The molecule has 0 aliphatic carbocycles. The Morgan fingerprint density at radius 2 is 1.75 bits per heavy atom. The average Bonchev–Trinajstić information content (AvgIpc) is 2.09. The van der Waals surface area contributed by atoms with Crippen LogP contribution in [0.15, 0.2) is 21.1 Å². The summed E-state index contributed by atoms with van der Waals surface area (Å²) in [6.45, 7) is 0. The molecule has 0 fully saturated rings. The Labute approximate surface area is 88.1 Å². The Balaban J connectivity index is 3.19. The average molecular weight is 296 g/mol. The second-order valence-electron chi connectivity index (χ2n) is 2.13. The molecule has 0 unspecified atom stereocenters. The van der Waals surface area contributed by atoms with Crippen LogP contribution in [0.4, 0.5) is 0 Å². The number of ether oxygens (including phenoxy) is 2. The van der Waals surface area contributed by atoms with E-state index in [-0.39, 0.29) is 0 Å². The summed E-state index contributed by atoms with van der Waals surface area (Å²) >= 11 is 6.75. The zero-order valence-corrected chi connectivity index (χ0v) is 9.90. The minimum absolute atomic E-state index is 0.751. The summed E-state index contributed by atoms with van der Waals surface area (Å²) in [5.41, 5.74) is 0. The van der Waals surface area contributed by atoms with Crippen molar-refractivity contribution >= 4 is 31.9 Å². The first-order valence-electron chi connectivity index (χ1n) is 3.26. The topological polar surface area (TPSA) is 18.5 Å². The highest BCUT2D eigenvalue weighted by atomic mass is 79.9.